The fourth-order valence-corrected chi connectivity index (χ4v) is 1.94. The van der Waals surface area contributed by atoms with E-state index in [0.29, 0.717) is 18.3 Å². The fourth-order valence-electron chi connectivity index (χ4n) is 1.61. The summed E-state index contributed by atoms with van der Waals surface area (Å²) in [5.41, 5.74) is 2.28. The highest BCUT2D eigenvalue weighted by atomic mass is 79.9. The molecule has 0 atom stereocenters. The Bertz CT molecular complexity index is 375. The van der Waals surface area contributed by atoms with Gasteiger partial charge in [-0.1, -0.05) is 13.8 Å². The molecule has 0 aliphatic rings. The summed E-state index contributed by atoms with van der Waals surface area (Å²) in [4.78, 5) is 8.19. The van der Waals surface area contributed by atoms with Crippen LogP contribution in [-0.2, 0) is 0 Å². The smallest absolute Gasteiger partial charge is 0.239 e. The molecule has 0 aliphatic heterocycles. The molecule has 18 heavy (non-hydrogen) atoms. The maximum absolute atomic E-state index is 9.51. The van der Waals surface area contributed by atoms with Gasteiger partial charge in [0.1, 0.15) is 5.82 Å². The summed E-state index contributed by atoms with van der Waals surface area (Å²) in [6.07, 6.45) is 3.43. The number of halogens is 1. The Morgan fingerprint density at radius 2 is 2.11 bits per heavy atom. The zero-order valence-electron chi connectivity index (χ0n) is 10.7. The molecule has 1 aromatic heterocycles. The van der Waals surface area contributed by atoms with Crippen LogP contribution >= 0.6 is 15.9 Å². The number of aromatic nitrogens is 2. The van der Waals surface area contributed by atoms with Gasteiger partial charge in [-0.15, -0.1) is 0 Å². The summed E-state index contributed by atoms with van der Waals surface area (Å²) in [7, 11) is 0. The Kier molecular flexibility index (Phi) is 5.77. The summed E-state index contributed by atoms with van der Waals surface area (Å²) >= 11 is 3.37. The second-order valence-corrected chi connectivity index (χ2v) is 5.11. The lowest BCUT2D eigenvalue weighted by Crippen LogP contribution is -2.32. The molecule has 5 N–H and O–H groups in total. The first kappa shape index (κ1) is 15.1. The van der Waals surface area contributed by atoms with Crippen LogP contribution in [0.5, 0.6) is 0 Å². The number of hydrogen-bond acceptors (Lipinski definition) is 6. The summed E-state index contributed by atoms with van der Waals surface area (Å²) < 4.78 is 0.764. The van der Waals surface area contributed by atoms with Gasteiger partial charge < -0.3 is 10.4 Å². The van der Waals surface area contributed by atoms with Crippen molar-refractivity contribution in [3.05, 3.63) is 10.7 Å². The standard InChI is InChI=1S/C11H20BrN5O/c1-3-11(4-2,7-18)6-15-9-8(12)5-14-10(16-9)17-13/h5,18H,3-4,6-7,13H2,1-2H3,(H2,14,15,16,17). The molecular formula is C11H20BrN5O. The molecule has 0 aliphatic carbocycles. The number of hydrogen-bond donors (Lipinski definition) is 4. The molecule has 0 aromatic carbocycles. The zero-order chi connectivity index (χ0) is 13.6. The maximum atomic E-state index is 9.51. The predicted octanol–water partition coefficient (Wildman–Crippen LogP) is 1.74. The van der Waals surface area contributed by atoms with Crippen molar-refractivity contribution in [2.24, 2.45) is 11.3 Å². The minimum atomic E-state index is -0.124. The predicted molar refractivity (Wildman–Crippen MR) is 76.1 cm³/mol. The van der Waals surface area contributed by atoms with E-state index in [9.17, 15) is 5.11 Å². The molecule has 0 radical (unpaired) electrons. The Labute approximate surface area is 115 Å². The van der Waals surface area contributed by atoms with Gasteiger partial charge in [0.2, 0.25) is 5.95 Å². The van der Waals surface area contributed by atoms with Crippen LogP contribution in [0.1, 0.15) is 26.7 Å². The van der Waals surface area contributed by atoms with Gasteiger partial charge in [0.15, 0.2) is 0 Å². The maximum Gasteiger partial charge on any atom is 0.239 e. The van der Waals surface area contributed by atoms with Crippen molar-refractivity contribution < 1.29 is 5.11 Å². The van der Waals surface area contributed by atoms with E-state index in [1.165, 1.54) is 0 Å². The van der Waals surface area contributed by atoms with Gasteiger partial charge in [-0.05, 0) is 28.8 Å². The number of nitrogens with two attached hydrogens (primary N) is 1. The first-order valence-corrected chi connectivity index (χ1v) is 6.74. The van der Waals surface area contributed by atoms with Gasteiger partial charge in [0.05, 0.1) is 11.1 Å². The Morgan fingerprint density at radius 3 is 2.61 bits per heavy atom. The third kappa shape index (κ3) is 3.54. The molecule has 1 rings (SSSR count). The number of aliphatic hydroxyl groups is 1. The Hall–Kier alpha value is -0.920. The van der Waals surface area contributed by atoms with E-state index in [-0.39, 0.29) is 12.0 Å². The molecule has 1 heterocycles. The van der Waals surface area contributed by atoms with E-state index in [1.807, 2.05) is 0 Å². The Balaban J connectivity index is 2.78. The van der Waals surface area contributed by atoms with Gasteiger partial charge in [0.25, 0.3) is 0 Å². The average Bonchev–Trinajstić information content (AvgIpc) is 2.42. The van der Waals surface area contributed by atoms with Gasteiger partial charge in [-0.3, -0.25) is 5.43 Å². The van der Waals surface area contributed by atoms with Gasteiger partial charge >= 0.3 is 0 Å². The van der Waals surface area contributed by atoms with Crippen LogP contribution in [0.15, 0.2) is 10.7 Å². The van der Waals surface area contributed by atoms with Crippen LogP contribution in [0.2, 0.25) is 0 Å². The third-order valence-corrected chi connectivity index (χ3v) is 3.92. The lowest BCUT2D eigenvalue weighted by Gasteiger charge is -2.29. The normalized spacial score (nSPS) is 11.4. The number of nitrogens with one attached hydrogen (secondary N) is 2. The van der Waals surface area contributed by atoms with Gasteiger partial charge in [-0.2, -0.15) is 4.98 Å². The second-order valence-electron chi connectivity index (χ2n) is 4.25. The summed E-state index contributed by atoms with van der Waals surface area (Å²) in [5, 5.41) is 12.7. The van der Waals surface area contributed by atoms with Crippen LogP contribution in [0.3, 0.4) is 0 Å². The van der Waals surface area contributed by atoms with Crippen LogP contribution < -0.4 is 16.6 Å². The first-order valence-electron chi connectivity index (χ1n) is 5.94. The van der Waals surface area contributed by atoms with Crippen molar-refractivity contribution in [1.29, 1.82) is 0 Å². The molecule has 0 saturated heterocycles. The van der Waals surface area contributed by atoms with Crippen LogP contribution in [0.25, 0.3) is 0 Å². The molecule has 6 nitrogen and oxygen atoms in total. The largest absolute Gasteiger partial charge is 0.396 e. The average molecular weight is 318 g/mol. The van der Waals surface area contributed by atoms with Crippen LogP contribution in [-0.4, -0.2) is 28.2 Å². The second kappa shape index (κ2) is 6.86. The van der Waals surface area contributed by atoms with E-state index in [4.69, 9.17) is 5.84 Å². The van der Waals surface area contributed by atoms with Crippen molar-refractivity contribution in [1.82, 2.24) is 9.97 Å². The van der Waals surface area contributed by atoms with E-state index < -0.39 is 0 Å². The number of nitrogen functional groups attached to an aromatic ring is 1. The van der Waals surface area contributed by atoms with Crippen LogP contribution in [0, 0.1) is 5.41 Å². The number of nitrogens with zero attached hydrogens (tertiary/aromatic N) is 2. The first-order chi connectivity index (χ1) is 8.60. The molecule has 7 heteroatoms. The number of aliphatic hydroxyl groups excluding tert-OH is 1. The van der Waals surface area contributed by atoms with Crippen molar-refractivity contribution >= 4 is 27.7 Å². The van der Waals surface area contributed by atoms with E-state index in [2.05, 4.69) is 50.5 Å². The van der Waals surface area contributed by atoms with E-state index in [0.717, 1.165) is 17.3 Å². The fraction of sp³-hybridized carbons (Fsp3) is 0.636. The number of rotatable bonds is 7. The molecule has 0 spiro atoms. The molecule has 0 saturated carbocycles. The zero-order valence-corrected chi connectivity index (χ0v) is 12.3. The number of hydrazine groups is 1. The quantitative estimate of drug-likeness (QED) is 0.452. The van der Waals surface area contributed by atoms with Crippen molar-refractivity contribution in [3.63, 3.8) is 0 Å². The van der Waals surface area contributed by atoms with Crippen molar-refractivity contribution in [3.8, 4) is 0 Å². The molecule has 0 unspecified atom stereocenters. The summed E-state index contributed by atoms with van der Waals surface area (Å²) in [5.74, 6) is 6.29. The monoisotopic (exact) mass is 317 g/mol. The third-order valence-electron chi connectivity index (χ3n) is 3.34. The minimum absolute atomic E-state index is 0.124. The highest BCUT2D eigenvalue weighted by Crippen LogP contribution is 2.27. The number of anilines is 2. The van der Waals surface area contributed by atoms with Crippen molar-refractivity contribution in [2.75, 3.05) is 23.9 Å². The Morgan fingerprint density at radius 1 is 1.44 bits per heavy atom. The molecule has 0 bridgehead atoms. The molecule has 0 fully saturated rings. The molecule has 1 aromatic rings. The summed E-state index contributed by atoms with van der Waals surface area (Å²) in [6.45, 7) is 4.94. The summed E-state index contributed by atoms with van der Waals surface area (Å²) in [6, 6.07) is 0. The molecule has 0 amide bonds. The molecule has 102 valence electrons. The van der Waals surface area contributed by atoms with Crippen molar-refractivity contribution in [2.45, 2.75) is 26.7 Å². The SMILES string of the molecule is CCC(CC)(CO)CNc1nc(NN)ncc1Br. The van der Waals surface area contributed by atoms with Gasteiger partial charge in [0, 0.05) is 18.2 Å². The minimum Gasteiger partial charge on any atom is -0.396 e. The lowest BCUT2D eigenvalue weighted by molar-refractivity contribution is 0.127. The van der Waals surface area contributed by atoms with Gasteiger partial charge in [-0.25, -0.2) is 10.8 Å². The van der Waals surface area contributed by atoms with Crippen LogP contribution in [0.4, 0.5) is 11.8 Å². The topological polar surface area (TPSA) is 96.1 Å². The van der Waals surface area contributed by atoms with E-state index >= 15 is 0 Å². The van der Waals surface area contributed by atoms with E-state index in [1.54, 1.807) is 6.20 Å². The lowest BCUT2D eigenvalue weighted by atomic mass is 9.83. The highest BCUT2D eigenvalue weighted by molar-refractivity contribution is 9.10. The molecular weight excluding hydrogens is 298 g/mol. The highest BCUT2D eigenvalue weighted by Gasteiger charge is 2.25.